The third-order valence-electron chi connectivity index (χ3n) is 6.11. The number of carboxylic acid groups (broad SMARTS) is 1. The highest BCUT2D eigenvalue weighted by Crippen LogP contribution is 2.30. The zero-order valence-corrected chi connectivity index (χ0v) is 19.6. The zero-order valence-electron chi connectivity index (χ0n) is 19.6. The summed E-state index contributed by atoms with van der Waals surface area (Å²) < 4.78 is 9.77. The molecule has 0 bridgehead atoms. The Balaban J connectivity index is 1.53. The summed E-state index contributed by atoms with van der Waals surface area (Å²) in [6.07, 6.45) is 5.54. The molecule has 0 aromatic carbocycles. The number of hydrogen-bond donors (Lipinski definition) is 1. The van der Waals surface area contributed by atoms with Crippen LogP contribution in [0.4, 0.5) is 0 Å². The minimum Gasteiger partial charge on any atom is -0.489 e. The van der Waals surface area contributed by atoms with E-state index in [2.05, 4.69) is 34.5 Å². The lowest BCUT2D eigenvalue weighted by atomic mass is 9.87. The third kappa shape index (κ3) is 5.20. The maximum Gasteiger partial charge on any atom is 0.306 e. The first-order chi connectivity index (χ1) is 15.8. The van der Waals surface area contributed by atoms with Crippen LogP contribution in [0.15, 0.2) is 18.3 Å². The maximum absolute atomic E-state index is 11.3. The summed E-state index contributed by atoms with van der Waals surface area (Å²) in [5.74, 6) is 0.0948. The molecule has 0 saturated heterocycles. The Morgan fingerprint density at radius 1 is 1.27 bits per heavy atom. The van der Waals surface area contributed by atoms with Crippen LogP contribution in [0, 0.1) is 18.8 Å². The van der Waals surface area contributed by atoms with Gasteiger partial charge in [-0.2, -0.15) is 0 Å². The second kappa shape index (κ2) is 9.68. The van der Waals surface area contributed by atoms with Gasteiger partial charge in [-0.15, -0.1) is 10.2 Å². The van der Waals surface area contributed by atoms with E-state index in [1.54, 1.807) is 10.9 Å². The van der Waals surface area contributed by atoms with Crippen molar-refractivity contribution in [2.75, 3.05) is 0 Å². The van der Waals surface area contributed by atoms with Crippen LogP contribution < -0.4 is 4.74 Å². The SMILES string of the molecule is Cc1nc(-c2nnn(C)c2Cn2nncc2CC(C)C)ccc1OC1CCC[C@H](C(=O)O)C1. The number of aliphatic carboxylic acids is 1. The van der Waals surface area contributed by atoms with Gasteiger partial charge >= 0.3 is 5.97 Å². The molecule has 0 amide bonds. The molecule has 0 spiro atoms. The van der Waals surface area contributed by atoms with E-state index in [9.17, 15) is 9.90 Å². The topological polar surface area (TPSA) is 121 Å². The van der Waals surface area contributed by atoms with Gasteiger partial charge in [-0.05, 0) is 57.1 Å². The number of aryl methyl sites for hydroxylation is 2. The molecular weight excluding hydrogens is 422 g/mol. The molecule has 33 heavy (non-hydrogen) atoms. The van der Waals surface area contributed by atoms with Crippen LogP contribution in [-0.2, 0) is 24.8 Å². The predicted octanol–water partition coefficient (Wildman–Crippen LogP) is 3.05. The van der Waals surface area contributed by atoms with E-state index in [1.807, 2.05) is 30.8 Å². The van der Waals surface area contributed by atoms with Gasteiger partial charge in [-0.3, -0.25) is 4.79 Å². The van der Waals surface area contributed by atoms with E-state index >= 15 is 0 Å². The molecule has 1 saturated carbocycles. The largest absolute Gasteiger partial charge is 0.489 e. The van der Waals surface area contributed by atoms with E-state index in [-0.39, 0.29) is 12.0 Å². The Morgan fingerprint density at radius 2 is 2.09 bits per heavy atom. The first kappa shape index (κ1) is 22.9. The molecule has 1 aliphatic rings. The van der Waals surface area contributed by atoms with Crippen LogP contribution in [-0.4, -0.2) is 52.2 Å². The first-order valence-corrected chi connectivity index (χ1v) is 11.4. The molecule has 10 heteroatoms. The van der Waals surface area contributed by atoms with Crippen molar-refractivity contribution < 1.29 is 14.6 Å². The lowest BCUT2D eigenvalue weighted by Gasteiger charge is -2.27. The van der Waals surface area contributed by atoms with E-state index in [0.29, 0.717) is 42.4 Å². The molecule has 3 aromatic heterocycles. The van der Waals surface area contributed by atoms with Crippen LogP contribution in [0.25, 0.3) is 11.4 Å². The number of ether oxygens (including phenoxy) is 1. The van der Waals surface area contributed by atoms with Gasteiger partial charge in [0.15, 0.2) is 0 Å². The summed E-state index contributed by atoms with van der Waals surface area (Å²) in [7, 11) is 1.86. The average molecular weight is 454 g/mol. The molecular formula is C23H31N7O3. The predicted molar refractivity (Wildman–Crippen MR) is 121 cm³/mol. The van der Waals surface area contributed by atoms with E-state index in [1.165, 1.54) is 0 Å². The number of carbonyl (C=O) groups is 1. The molecule has 0 aliphatic heterocycles. The molecule has 1 aliphatic carbocycles. The molecule has 3 aromatic rings. The van der Waals surface area contributed by atoms with Crippen molar-refractivity contribution in [3.63, 3.8) is 0 Å². The fraction of sp³-hybridized carbons (Fsp3) is 0.565. The van der Waals surface area contributed by atoms with Gasteiger partial charge < -0.3 is 9.84 Å². The van der Waals surface area contributed by atoms with Gasteiger partial charge in [0.2, 0.25) is 0 Å². The molecule has 3 heterocycles. The van der Waals surface area contributed by atoms with Crippen molar-refractivity contribution in [2.45, 2.75) is 65.5 Å². The monoisotopic (exact) mass is 453 g/mol. The minimum atomic E-state index is -0.743. The number of rotatable bonds is 8. The maximum atomic E-state index is 11.3. The van der Waals surface area contributed by atoms with Gasteiger partial charge in [0, 0.05) is 7.05 Å². The van der Waals surface area contributed by atoms with Crippen molar-refractivity contribution >= 4 is 5.97 Å². The number of carboxylic acids is 1. The molecule has 1 N–H and O–H groups in total. The molecule has 2 atom stereocenters. The molecule has 4 rings (SSSR count). The highest BCUT2D eigenvalue weighted by Gasteiger charge is 2.28. The van der Waals surface area contributed by atoms with Crippen molar-refractivity contribution in [2.24, 2.45) is 18.9 Å². The summed E-state index contributed by atoms with van der Waals surface area (Å²) in [6, 6.07) is 3.77. The molecule has 176 valence electrons. The van der Waals surface area contributed by atoms with Gasteiger partial charge in [-0.1, -0.05) is 24.3 Å². The Kier molecular flexibility index (Phi) is 6.71. The van der Waals surface area contributed by atoms with Gasteiger partial charge in [-0.25, -0.2) is 14.3 Å². The van der Waals surface area contributed by atoms with Crippen LogP contribution in [0.3, 0.4) is 0 Å². The number of hydrogen-bond acceptors (Lipinski definition) is 7. The fourth-order valence-corrected chi connectivity index (χ4v) is 4.34. The summed E-state index contributed by atoms with van der Waals surface area (Å²) in [5, 5.41) is 26.2. The van der Waals surface area contributed by atoms with E-state index < -0.39 is 5.97 Å². The zero-order chi connectivity index (χ0) is 23.5. The fourth-order valence-electron chi connectivity index (χ4n) is 4.34. The molecule has 1 fully saturated rings. The van der Waals surface area contributed by atoms with Crippen molar-refractivity contribution in [1.82, 2.24) is 35.0 Å². The second-order valence-electron chi connectivity index (χ2n) is 9.21. The minimum absolute atomic E-state index is 0.107. The number of nitrogens with zero attached hydrogens (tertiary/aromatic N) is 7. The molecule has 1 unspecified atom stereocenters. The Labute approximate surface area is 193 Å². The smallest absolute Gasteiger partial charge is 0.306 e. The van der Waals surface area contributed by atoms with Crippen molar-refractivity contribution in [1.29, 1.82) is 0 Å². The Bertz CT molecular complexity index is 1120. The van der Waals surface area contributed by atoms with Crippen LogP contribution >= 0.6 is 0 Å². The van der Waals surface area contributed by atoms with Gasteiger partial charge in [0.05, 0.1) is 47.5 Å². The third-order valence-corrected chi connectivity index (χ3v) is 6.11. The molecule has 10 nitrogen and oxygen atoms in total. The summed E-state index contributed by atoms with van der Waals surface area (Å²) in [5.41, 5.74) is 4.10. The van der Waals surface area contributed by atoms with Crippen LogP contribution in [0.1, 0.15) is 56.6 Å². The van der Waals surface area contributed by atoms with Crippen molar-refractivity contribution in [3.8, 4) is 17.1 Å². The normalized spacial score (nSPS) is 18.6. The van der Waals surface area contributed by atoms with Crippen LogP contribution in [0.2, 0.25) is 0 Å². The Hall–Kier alpha value is -3.30. The van der Waals surface area contributed by atoms with Gasteiger partial charge in [0.25, 0.3) is 0 Å². The van der Waals surface area contributed by atoms with Gasteiger partial charge in [0.1, 0.15) is 11.4 Å². The lowest BCUT2D eigenvalue weighted by Crippen LogP contribution is -2.29. The highest BCUT2D eigenvalue weighted by atomic mass is 16.5. The Morgan fingerprint density at radius 3 is 2.82 bits per heavy atom. The van der Waals surface area contributed by atoms with Crippen LogP contribution in [0.5, 0.6) is 5.75 Å². The second-order valence-corrected chi connectivity index (χ2v) is 9.21. The van der Waals surface area contributed by atoms with Crippen molar-refractivity contribution in [3.05, 3.63) is 35.4 Å². The number of pyridine rings is 1. The summed E-state index contributed by atoms with van der Waals surface area (Å²) >= 11 is 0. The first-order valence-electron chi connectivity index (χ1n) is 11.4. The summed E-state index contributed by atoms with van der Waals surface area (Å²) in [4.78, 5) is 16.1. The lowest BCUT2D eigenvalue weighted by molar-refractivity contribution is -0.143. The summed E-state index contributed by atoms with van der Waals surface area (Å²) in [6.45, 7) is 6.72. The quantitative estimate of drug-likeness (QED) is 0.552. The molecule has 0 radical (unpaired) electrons. The average Bonchev–Trinajstić information content (AvgIpc) is 3.36. The highest BCUT2D eigenvalue weighted by molar-refractivity contribution is 5.70. The van der Waals surface area contributed by atoms with E-state index in [0.717, 1.165) is 36.3 Å². The number of aromatic nitrogens is 7. The van der Waals surface area contributed by atoms with E-state index in [4.69, 9.17) is 9.72 Å². The standard InChI is InChI=1S/C23H31N7O3/c1-14(2)10-17-12-24-27-30(17)13-20-22(26-28-29(20)4)19-8-9-21(15(3)25-19)33-18-7-5-6-16(11-18)23(31)32/h8-9,12,14,16,18H,5-7,10-11,13H2,1-4H3,(H,31,32)/t16-,18?/m0/s1.